The number of anilines is 1. The van der Waals surface area contributed by atoms with E-state index >= 15 is 0 Å². The van der Waals surface area contributed by atoms with Crippen molar-refractivity contribution in [1.82, 2.24) is 9.78 Å². The third kappa shape index (κ3) is 4.95. The van der Waals surface area contributed by atoms with E-state index in [-0.39, 0.29) is 35.6 Å². The van der Waals surface area contributed by atoms with E-state index in [0.717, 1.165) is 28.1 Å². The molecule has 4 aromatic carbocycles. The predicted octanol–water partition coefficient (Wildman–Crippen LogP) is 6.13. The van der Waals surface area contributed by atoms with Crippen molar-refractivity contribution in [3.8, 4) is 11.4 Å². The summed E-state index contributed by atoms with van der Waals surface area (Å²) >= 11 is 6.59. The number of hydrogen-bond acceptors (Lipinski definition) is 5. The molecule has 0 unspecified atom stereocenters. The van der Waals surface area contributed by atoms with Crippen molar-refractivity contribution in [3.63, 3.8) is 0 Å². The van der Waals surface area contributed by atoms with E-state index in [9.17, 15) is 14.7 Å². The van der Waals surface area contributed by atoms with Gasteiger partial charge in [0.2, 0.25) is 0 Å². The number of H-pyrrole nitrogens is 1. The fraction of sp³-hybridized carbons (Fsp3) is 0.297. The first kappa shape index (κ1) is 31.4. The minimum atomic E-state index is -2.28. The first-order valence-electron chi connectivity index (χ1n) is 15.9. The highest BCUT2D eigenvalue weighted by atomic mass is 35.5. The van der Waals surface area contributed by atoms with Gasteiger partial charge in [0.25, 0.3) is 11.5 Å². The average Bonchev–Trinajstić information content (AvgIpc) is 3.65. The highest BCUT2D eigenvalue weighted by Gasteiger charge is 2.66. The second-order valence-electron chi connectivity index (χ2n) is 13.2. The standard InChI is InChI=1S/C37H38ClN3O5Si/c1-23-34(47(3,4)28-16-14-27(45-2)15-17-28)33(19-20-42)46-37(23)30-21-25(38)11-18-32(30)40(36(37)44)22-24-9-12-26(13-10-24)41-35(43)29-7-5-6-8-31(29)39-41/h5-18,21,23,33-34,39,42H,19-20,22H2,1-4H3/t23-,33+,34-,37+/m0/s1. The van der Waals surface area contributed by atoms with Crippen molar-refractivity contribution in [2.45, 2.75) is 50.2 Å². The van der Waals surface area contributed by atoms with Gasteiger partial charge in [0.05, 0.1) is 50.1 Å². The van der Waals surface area contributed by atoms with Crippen LogP contribution in [-0.4, -0.2) is 48.7 Å². The summed E-state index contributed by atoms with van der Waals surface area (Å²) < 4.78 is 13.9. The molecule has 0 radical (unpaired) electrons. The lowest BCUT2D eigenvalue weighted by atomic mass is 9.82. The molecule has 0 bridgehead atoms. The summed E-state index contributed by atoms with van der Waals surface area (Å²) in [6, 6.07) is 28.9. The fourth-order valence-corrected chi connectivity index (χ4v) is 12.2. The molecule has 7 rings (SSSR count). The zero-order valence-electron chi connectivity index (χ0n) is 26.9. The molecule has 2 N–H and O–H groups in total. The minimum absolute atomic E-state index is 0.0349. The van der Waals surface area contributed by atoms with Crippen LogP contribution in [0.4, 0.5) is 5.69 Å². The molecule has 1 saturated heterocycles. The van der Waals surface area contributed by atoms with E-state index in [0.29, 0.717) is 29.1 Å². The Bertz CT molecular complexity index is 2020. The fourth-order valence-electron chi connectivity index (χ4n) is 8.01. The molecule has 10 heteroatoms. The maximum atomic E-state index is 14.8. The summed E-state index contributed by atoms with van der Waals surface area (Å²) in [5, 5.41) is 15.7. The van der Waals surface area contributed by atoms with Crippen molar-refractivity contribution in [3.05, 3.63) is 117 Å². The number of hydrogen-bond donors (Lipinski definition) is 2. The van der Waals surface area contributed by atoms with Gasteiger partial charge in [0, 0.05) is 23.1 Å². The number of carbonyl (C=O) groups excluding carboxylic acids is 1. The largest absolute Gasteiger partial charge is 0.497 e. The molecule has 0 saturated carbocycles. The summed E-state index contributed by atoms with van der Waals surface area (Å²) in [5.41, 5.74) is 2.61. The van der Waals surface area contributed by atoms with Crippen LogP contribution in [0.3, 0.4) is 0 Å². The van der Waals surface area contributed by atoms with Crippen molar-refractivity contribution in [2.75, 3.05) is 18.6 Å². The van der Waals surface area contributed by atoms with Crippen molar-refractivity contribution >= 4 is 47.4 Å². The molecule has 4 atom stereocenters. The summed E-state index contributed by atoms with van der Waals surface area (Å²) in [7, 11) is -0.624. The molecule has 1 fully saturated rings. The number of aromatic amines is 1. The molecule has 1 aromatic heterocycles. The number of halogens is 1. The van der Waals surface area contributed by atoms with Crippen LogP contribution in [0.25, 0.3) is 16.6 Å². The van der Waals surface area contributed by atoms with Crippen molar-refractivity contribution < 1.29 is 19.4 Å². The van der Waals surface area contributed by atoms with Crippen LogP contribution in [0.5, 0.6) is 5.75 Å². The lowest BCUT2D eigenvalue weighted by Crippen LogP contribution is -2.51. The molecule has 3 heterocycles. The van der Waals surface area contributed by atoms with Crippen LogP contribution >= 0.6 is 11.6 Å². The Labute approximate surface area is 279 Å². The van der Waals surface area contributed by atoms with Crippen LogP contribution in [0.1, 0.15) is 24.5 Å². The molecule has 2 aliphatic rings. The van der Waals surface area contributed by atoms with Crippen LogP contribution in [0.15, 0.2) is 95.8 Å². The Hall–Kier alpha value is -4.15. The molecular formula is C37H38ClN3O5Si. The number of aromatic nitrogens is 2. The van der Waals surface area contributed by atoms with Crippen LogP contribution in [-0.2, 0) is 21.7 Å². The number of rotatable bonds is 8. The van der Waals surface area contributed by atoms with Gasteiger partial charge in [-0.2, -0.15) is 0 Å². The van der Waals surface area contributed by atoms with Crippen molar-refractivity contribution in [2.24, 2.45) is 5.92 Å². The normalized spacial score (nSPS) is 22.4. The molecule has 8 nitrogen and oxygen atoms in total. The highest BCUT2D eigenvalue weighted by molar-refractivity contribution is 6.91. The van der Waals surface area contributed by atoms with E-state index in [2.05, 4.69) is 37.2 Å². The molecule has 2 aliphatic heterocycles. The second-order valence-corrected chi connectivity index (χ2v) is 18.3. The molecule has 1 spiro atoms. The van der Waals surface area contributed by atoms with E-state index in [1.165, 1.54) is 9.87 Å². The number of ether oxygens (including phenoxy) is 2. The number of carbonyl (C=O) groups is 1. The van der Waals surface area contributed by atoms with E-state index < -0.39 is 13.7 Å². The minimum Gasteiger partial charge on any atom is -0.497 e. The zero-order valence-corrected chi connectivity index (χ0v) is 28.6. The lowest BCUT2D eigenvalue weighted by molar-refractivity contribution is -0.146. The van der Waals surface area contributed by atoms with E-state index in [1.54, 1.807) is 18.1 Å². The summed E-state index contributed by atoms with van der Waals surface area (Å²) in [6.45, 7) is 7.04. The van der Waals surface area contributed by atoms with E-state index in [1.807, 2.05) is 72.8 Å². The van der Waals surface area contributed by atoms with Crippen LogP contribution in [0.2, 0.25) is 23.7 Å². The van der Waals surface area contributed by atoms with E-state index in [4.69, 9.17) is 21.1 Å². The molecule has 47 heavy (non-hydrogen) atoms. The van der Waals surface area contributed by atoms with Crippen molar-refractivity contribution in [1.29, 1.82) is 0 Å². The number of amides is 1. The quantitative estimate of drug-likeness (QED) is 0.194. The van der Waals surface area contributed by atoms with Gasteiger partial charge in [-0.3, -0.25) is 14.7 Å². The number of aliphatic hydroxyl groups is 1. The van der Waals surface area contributed by atoms with Gasteiger partial charge in [-0.25, -0.2) is 4.68 Å². The first-order valence-corrected chi connectivity index (χ1v) is 19.4. The third-order valence-electron chi connectivity index (χ3n) is 10.3. The number of aliphatic hydroxyl groups excluding tert-OH is 1. The predicted molar refractivity (Wildman–Crippen MR) is 188 cm³/mol. The second kappa shape index (κ2) is 11.8. The van der Waals surface area contributed by atoms with Gasteiger partial charge in [-0.15, -0.1) is 0 Å². The maximum absolute atomic E-state index is 14.8. The van der Waals surface area contributed by atoms with Gasteiger partial charge in [0.1, 0.15) is 5.75 Å². The molecule has 242 valence electrons. The Morgan fingerprint density at radius 1 is 1.00 bits per heavy atom. The molecule has 1 amide bonds. The number of benzene rings is 4. The average molecular weight is 668 g/mol. The van der Waals surface area contributed by atoms with Gasteiger partial charge in [-0.1, -0.05) is 73.2 Å². The van der Waals surface area contributed by atoms with Crippen LogP contribution in [0, 0.1) is 5.92 Å². The molecule has 0 aliphatic carbocycles. The van der Waals surface area contributed by atoms with Gasteiger partial charge in [-0.05, 0) is 72.1 Å². The topological polar surface area (TPSA) is 96.8 Å². The summed E-state index contributed by atoms with van der Waals surface area (Å²) in [5.74, 6) is 0.487. The maximum Gasteiger partial charge on any atom is 0.279 e. The number of para-hydroxylation sites is 1. The highest BCUT2D eigenvalue weighted by Crippen LogP contribution is 2.60. The SMILES string of the molecule is COc1ccc([Si](C)(C)[C@@H]2[C@@H](CCO)O[C@]3(C(=O)N(Cc4ccc(-n5[nH]c6ccccc6c5=O)cc4)c4ccc(Cl)cc43)[C@H]2C)cc1. The monoisotopic (exact) mass is 667 g/mol. The number of methoxy groups -OCH3 is 1. The number of fused-ring (bicyclic) bond motifs is 3. The Morgan fingerprint density at radius 3 is 2.40 bits per heavy atom. The molecule has 5 aromatic rings. The smallest absolute Gasteiger partial charge is 0.279 e. The zero-order chi connectivity index (χ0) is 33.1. The first-order chi connectivity index (χ1) is 22.6. The van der Waals surface area contributed by atoms with Crippen LogP contribution < -0.4 is 20.4 Å². The number of nitrogens with one attached hydrogen (secondary N) is 1. The third-order valence-corrected chi connectivity index (χ3v) is 14.9. The molecular weight excluding hydrogens is 630 g/mol. The van der Waals surface area contributed by atoms with Gasteiger partial charge in [0.15, 0.2) is 5.60 Å². The summed E-state index contributed by atoms with van der Waals surface area (Å²) in [4.78, 5) is 29.6. The number of nitrogens with zero attached hydrogens (tertiary/aromatic N) is 2. The Kier molecular flexibility index (Phi) is 7.91. The Balaban J connectivity index is 1.24. The van der Waals surface area contributed by atoms with Gasteiger partial charge >= 0.3 is 0 Å². The lowest BCUT2D eigenvalue weighted by Gasteiger charge is -2.37. The van der Waals surface area contributed by atoms with Gasteiger partial charge < -0.3 is 19.5 Å². The summed E-state index contributed by atoms with van der Waals surface area (Å²) in [6.07, 6.45) is 0.115. The Morgan fingerprint density at radius 2 is 1.72 bits per heavy atom.